The lowest BCUT2D eigenvalue weighted by Gasteiger charge is -2.38. The Labute approximate surface area is 120 Å². The molecule has 1 atom stereocenters. The molecule has 0 bridgehead atoms. The minimum absolute atomic E-state index is 0.0811. The predicted octanol–water partition coefficient (Wildman–Crippen LogP) is 0.0601. The van der Waals surface area contributed by atoms with Gasteiger partial charge in [-0.1, -0.05) is 0 Å². The van der Waals surface area contributed by atoms with Crippen LogP contribution in [0.3, 0.4) is 0 Å². The van der Waals surface area contributed by atoms with Crippen LogP contribution in [0.4, 0.5) is 5.69 Å². The van der Waals surface area contributed by atoms with Crippen LogP contribution in [-0.4, -0.2) is 34.1 Å². The van der Waals surface area contributed by atoms with Crippen molar-refractivity contribution in [1.82, 2.24) is 10.2 Å². The number of hydrogen-bond donors (Lipinski definition) is 2. The number of hydrogen-bond acceptors (Lipinski definition) is 5. The van der Waals surface area contributed by atoms with E-state index in [2.05, 4.69) is 5.32 Å². The molecule has 0 aromatic heterocycles. The number of nitrogens with zero attached hydrogens (tertiary/aromatic N) is 1. The minimum Gasteiger partial charge on any atom is -0.399 e. The summed E-state index contributed by atoms with van der Waals surface area (Å²) >= 11 is 0. The second-order valence-corrected chi connectivity index (χ2v) is 5.40. The van der Waals surface area contributed by atoms with E-state index in [1.807, 2.05) is 0 Å². The zero-order chi connectivity index (χ0) is 15.4. The minimum atomic E-state index is -1.37. The number of amides is 4. The summed E-state index contributed by atoms with van der Waals surface area (Å²) in [6.45, 7) is 1.49. The summed E-state index contributed by atoms with van der Waals surface area (Å²) in [5.41, 5.74) is 5.04. The molecule has 1 fully saturated rings. The van der Waals surface area contributed by atoms with Gasteiger partial charge in [0.05, 0.1) is 11.1 Å². The largest absolute Gasteiger partial charge is 0.399 e. The molecular weight excluding hydrogens is 274 g/mol. The van der Waals surface area contributed by atoms with Crippen LogP contribution in [0.15, 0.2) is 18.2 Å². The van der Waals surface area contributed by atoms with Crippen LogP contribution in [0.2, 0.25) is 0 Å². The monoisotopic (exact) mass is 287 g/mol. The van der Waals surface area contributed by atoms with Gasteiger partial charge < -0.3 is 5.73 Å². The Bertz CT molecular complexity index is 712. The number of benzene rings is 1. The highest BCUT2D eigenvalue weighted by molar-refractivity contribution is 6.24. The zero-order valence-corrected chi connectivity index (χ0v) is 11.3. The standard InChI is InChI=1S/C14H13N3O4/c1-14(5-4-10(18)16-13(14)21)17-11(19)8-3-2-7(15)6-9(8)12(17)20/h2-3,6H,4-5,15H2,1H3,(H,16,18,21)/t14-/m1/s1. The van der Waals surface area contributed by atoms with Crippen LogP contribution in [0.25, 0.3) is 0 Å². The van der Waals surface area contributed by atoms with Crippen molar-refractivity contribution in [2.45, 2.75) is 25.3 Å². The van der Waals surface area contributed by atoms with Gasteiger partial charge >= 0.3 is 0 Å². The summed E-state index contributed by atoms with van der Waals surface area (Å²) in [4.78, 5) is 49.2. The summed E-state index contributed by atoms with van der Waals surface area (Å²) in [5.74, 6) is -2.14. The third-order valence-electron chi connectivity index (χ3n) is 3.99. The van der Waals surface area contributed by atoms with E-state index in [1.54, 1.807) is 0 Å². The van der Waals surface area contributed by atoms with Crippen molar-refractivity contribution in [1.29, 1.82) is 0 Å². The van der Waals surface area contributed by atoms with Crippen LogP contribution in [0, 0.1) is 0 Å². The van der Waals surface area contributed by atoms with Crippen molar-refractivity contribution in [2.24, 2.45) is 0 Å². The molecule has 7 heteroatoms. The maximum atomic E-state index is 12.5. The van der Waals surface area contributed by atoms with E-state index in [0.717, 1.165) is 4.90 Å². The van der Waals surface area contributed by atoms with Crippen LogP contribution >= 0.6 is 0 Å². The second-order valence-electron chi connectivity index (χ2n) is 5.40. The third-order valence-corrected chi connectivity index (χ3v) is 3.99. The zero-order valence-electron chi connectivity index (χ0n) is 11.3. The molecule has 0 spiro atoms. The Morgan fingerprint density at radius 2 is 1.81 bits per heavy atom. The van der Waals surface area contributed by atoms with Crippen LogP contribution in [0.1, 0.15) is 40.5 Å². The van der Waals surface area contributed by atoms with Crippen molar-refractivity contribution in [3.05, 3.63) is 29.3 Å². The fourth-order valence-corrected chi connectivity index (χ4v) is 2.71. The van der Waals surface area contributed by atoms with E-state index in [0.29, 0.717) is 5.69 Å². The fraction of sp³-hybridized carbons (Fsp3) is 0.286. The topological polar surface area (TPSA) is 110 Å². The molecule has 0 unspecified atom stereocenters. The van der Waals surface area contributed by atoms with Gasteiger partial charge in [-0.05, 0) is 31.5 Å². The maximum Gasteiger partial charge on any atom is 0.262 e. The van der Waals surface area contributed by atoms with Crippen molar-refractivity contribution in [3.63, 3.8) is 0 Å². The summed E-state index contributed by atoms with van der Waals surface area (Å²) in [7, 11) is 0. The highest BCUT2D eigenvalue weighted by Gasteiger charge is 2.52. The summed E-state index contributed by atoms with van der Waals surface area (Å²) < 4.78 is 0. The average molecular weight is 287 g/mol. The molecular formula is C14H13N3O4. The number of anilines is 1. The Balaban J connectivity index is 2.05. The number of nitrogen functional groups attached to an aromatic ring is 1. The Kier molecular flexibility index (Phi) is 2.62. The molecule has 7 nitrogen and oxygen atoms in total. The normalized spacial score (nSPS) is 25.1. The molecule has 2 aliphatic rings. The molecule has 3 N–H and O–H groups in total. The van der Waals surface area contributed by atoms with Crippen LogP contribution in [-0.2, 0) is 9.59 Å². The smallest absolute Gasteiger partial charge is 0.262 e. The van der Waals surface area contributed by atoms with Gasteiger partial charge in [0.25, 0.3) is 17.7 Å². The SMILES string of the molecule is C[C@@]1(N2C(=O)c3ccc(N)cc3C2=O)CCC(=O)NC1=O. The first kappa shape index (κ1) is 13.3. The average Bonchev–Trinajstić information content (AvgIpc) is 2.67. The Morgan fingerprint density at radius 3 is 2.48 bits per heavy atom. The Hall–Kier alpha value is -2.70. The van der Waals surface area contributed by atoms with Gasteiger partial charge in [0.15, 0.2) is 0 Å². The number of imide groups is 2. The van der Waals surface area contributed by atoms with E-state index in [9.17, 15) is 19.2 Å². The Morgan fingerprint density at radius 1 is 1.14 bits per heavy atom. The van der Waals surface area contributed by atoms with Gasteiger partial charge in [0.2, 0.25) is 5.91 Å². The molecule has 0 aliphatic carbocycles. The molecule has 0 radical (unpaired) electrons. The molecule has 2 aliphatic heterocycles. The van der Waals surface area contributed by atoms with Gasteiger partial charge in [-0.2, -0.15) is 0 Å². The lowest BCUT2D eigenvalue weighted by molar-refractivity contribution is -0.140. The van der Waals surface area contributed by atoms with E-state index in [4.69, 9.17) is 5.73 Å². The number of fused-ring (bicyclic) bond motifs is 1. The summed E-state index contributed by atoms with van der Waals surface area (Å²) in [5, 5.41) is 2.18. The van der Waals surface area contributed by atoms with Crippen molar-refractivity contribution >= 4 is 29.3 Å². The number of piperidine rings is 1. The number of carbonyl (C=O) groups excluding carboxylic acids is 4. The molecule has 1 saturated heterocycles. The highest BCUT2D eigenvalue weighted by atomic mass is 16.2. The molecule has 4 amide bonds. The molecule has 21 heavy (non-hydrogen) atoms. The summed E-state index contributed by atoms with van der Waals surface area (Å²) in [6, 6.07) is 4.42. The quantitative estimate of drug-likeness (QED) is 0.560. The lowest BCUT2D eigenvalue weighted by Crippen LogP contribution is -2.62. The van der Waals surface area contributed by atoms with Gasteiger partial charge in [0, 0.05) is 12.1 Å². The third kappa shape index (κ3) is 1.74. The van der Waals surface area contributed by atoms with Gasteiger partial charge in [-0.3, -0.25) is 29.4 Å². The number of rotatable bonds is 1. The van der Waals surface area contributed by atoms with E-state index >= 15 is 0 Å². The maximum absolute atomic E-state index is 12.5. The predicted molar refractivity (Wildman–Crippen MR) is 72.1 cm³/mol. The molecule has 1 aromatic rings. The number of carbonyl (C=O) groups is 4. The first-order valence-electron chi connectivity index (χ1n) is 6.47. The van der Waals surface area contributed by atoms with Gasteiger partial charge in [-0.25, -0.2) is 0 Å². The number of nitrogens with one attached hydrogen (secondary N) is 1. The van der Waals surface area contributed by atoms with E-state index in [-0.39, 0.29) is 24.0 Å². The molecule has 1 aromatic carbocycles. The van der Waals surface area contributed by atoms with E-state index < -0.39 is 29.2 Å². The fourth-order valence-electron chi connectivity index (χ4n) is 2.71. The van der Waals surface area contributed by atoms with Crippen LogP contribution < -0.4 is 11.1 Å². The van der Waals surface area contributed by atoms with Crippen molar-refractivity contribution in [3.8, 4) is 0 Å². The highest BCUT2D eigenvalue weighted by Crippen LogP contribution is 2.34. The molecule has 108 valence electrons. The molecule has 2 heterocycles. The molecule has 3 rings (SSSR count). The molecule has 0 saturated carbocycles. The van der Waals surface area contributed by atoms with Crippen molar-refractivity contribution < 1.29 is 19.2 Å². The summed E-state index contributed by atoms with van der Waals surface area (Å²) in [6.07, 6.45) is 0.191. The number of nitrogens with two attached hydrogens (primary N) is 1. The van der Waals surface area contributed by atoms with Crippen molar-refractivity contribution in [2.75, 3.05) is 5.73 Å². The van der Waals surface area contributed by atoms with Gasteiger partial charge in [-0.15, -0.1) is 0 Å². The first-order valence-corrected chi connectivity index (χ1v) is 6.47. The van der Waals surface area contributed by atoms with E-state index in [1.165, 1.54) is 25.1 Å². The van der Waals surface area contributed by atoms with Crippen LogP contribution in [0.5, 0.6) is 0 Å². The second kappa shape index (κ2) is 4.15. The lowest BCUT2D eigenvalue weighted by atomic mass is 9.89. The first-order chi connectivity index (χ1) is 9.84. The van der Waals surface area contributed by atoms with Gasteiger partial charge in [0.1, 0.15) is 5.54 Å².